The normalized spacial score (nSPS) is 16.9. The molecule has 18 heavy (non-hydrogen) atoms. The van der Waals surface area contributed by atoms with Crippen LogP contribution >= 0.6 is 11.6 Å². The monoisotopic (exact) mass is 265 g/mol. The minimum atomic E-state index is 0.581. The van der Waals surface area contributed by atoms with E-state index in [1.807, 2.05) is 12.1 Å². The van der Waals surface area contributed by atoms with E-state index in [0.717, 1.165) is 43.3 Å². The van der Waals surface area contributed by atoms with Crippen molar-refractivity contribution in [2.45, 2.75) is 0 Å². The number of hydrogen-bond donors (Lipinski definition) is 1. The Balaban J connectivity index is 1.86. The van der Waals surface area contributed by atoms with Crippen molar-refractivity contribution in [1.29, 1.82) is 0 Å². The second kappa shape index (κ2) is 6.23. The molecule has 2 N–H and O–H groups in total. The van der Waals surface area contributed by atoms with Gasteiger partial charge >= 0.3 is 0 Å². The standard InChI is InChI=1S/C14H20ClN3/c1-12(10-16)11-17-6-8-18(9-7-17)14-4-2-13(15)3-5-14/h2-5H,1,6-11,16H2. The molecule has 0 atom stereocenters. The third-order valence-electron chi connectivity index (χ3n) is 3.30. The van der Waals surface area contributed by atoms with Crippen molar-refractivity contribution in [3.05, 3.63) is 41.4 Å². The first-order chi connectivity index (χ1) is 8.69. The van der Waals surface area contributed by atoms with Crippen LogP contribution in [0.4, 0.5) is 5.69 Å². The number of benzene rings is 1. The molecule has 1 saturated heterocycles. The molecular formula is C14H20ClN3. The van der Waals surface area contributed by atoms with E-state index in [1.165, 1.54) is 5.69 Å². The summed E-state index contributed by atoms with van der Waals surface area (Å²) in [7, 11) is 0. The van der Waals surface area contributed by atoms with Crippen LogP contribution in [0.2, 0.25) is 5.02 Å². The molecule has 1 aliphatic rings. The quantitative estimate of drug-likeness (QED) is 0.845. The zero-order valence-electron chi connectivity index (χ0n) is 10.6. The average molecular weight is 266 g/mol. The summed E-state index contributed by atoms with van der Waals surface area (Å²) in [5, 5.41) is 0.789. The predicted molar refractivity (Wildman–Crippen MR) is 78.3 cm³/mol. The summed E-state index contributed by atoms with van der Waals surface area (Å²) in [5.41, 5.74) is 7.93. The third-order valence-corrected chi connectivity index (χ3v) is 3.55. The van der Waals surface area contributed by atoms with Crippen molar-refractivity contribution in [1.82, 2.24) is 4.90 Å². The summed E-state index contributed by atoms with van der Waals surface area (Å²) in [4.78, 5) is 4.79. The molecule has 4 heteroatoms. The second-order valence-corrected chi connectivity index (χ2v) is 5.13. The molecule has 98 valence electrons. The van der Waals surface area contributed by atoms with Crippen LogP contribution in [0.1, 0.15) is 0 Å². The Labute approximate surface area is 114 Å². The first-order valence-electron chi connectivity index (χ1n) is 6.28. The molecule has 2 rings (SSSR count). The van der Waals surface area contributed by atoms with Crippen molar-refractivity contribution < 1.29 is 0 Å². The molecule has 0 radical (unpaired) electrons. The van der Waals surface area contributed by atoms with E-state index in [0.29, 0.717) is 6.54 Å². The molecule has 1 fully saturated rings. The van der Waals surface area contributed by atoms with Gasteiger partial charge in [0.2, 0.25) is 0 Å². The minimum Gasteiger partial charge on any atom is -0.369 e. The van der Waals surface area contributed by atoms with Gasteiger partial charge in [0.1, 0.15) is 0 Å². The highest BCUT2D eigenvalue weighted by Crippen LogP contribution is 2.19. The van der Waals surface area contributed by atoms with Crippen molar-refractivity contribution in [2.24, 2.45) is 5.73 Å². The van der Waals surface area contributed by atoms with Gasteiger partial charge in [-0.05, 0) is 29.8 Å². The fourth-order valence-electron chi connectivity index (χ4n) is 2.20. The summed E-state index contributed by atoms with van der Waals surface area (Å²) < 4.78 is 0. The first kappa shape index (κ1) is 13.4. The van der Waals surface area contributed by atoms with E-state index in [4.69, 9.17) is 17.3 Å². The van der Waals surface area contributed by atoms with E-state index in [9.17, 15) is 0 Å². The second-order valence-electron chi connectivity index (χ2n) is 4.69. The van der Waals surface area contributed by atoms with E-state index < -0.39 is 0 Å². The number of anilines is 1. The molecule has 1 heterocycles. The van der Waals surface area contributed by atoms with Crippen molar-refractivity contribution in [2.75, 3.05) is 44.2 Å². The highest BCUT2D eigenvalue weighted by molar-refractivity contribution is 6.30. The van der Waals surface area contributed by atoms with Gasteiger partial charge < -0.3 is 10.6 Å². The van der Waals surface area contributed by atoms with Gasteiger partial charge in [-0.2, -0.15) is 0 Å². The van der Waals surface area contributed by atoms with Crippen LogP contribution in [0.25, 0.3) is 0 Å². The number of rotatable bonds is 4. The Bertz CT molecular complexity index is 394. The maximum absolute atomic E-state index is 5.90. The maximum atomic E-state index is 5.90. The SMILES string of the molecule is C=C(CN)CN1CCN(c2ccc(Cl)cc2)CC1. The molecular weight excluding hydrogens is 246 g/mol. The zero-order valence-corrected chi connectivity index (χ0v) is 11.4. The number of hydrogen-bond acceptors (Lipinski definition) is 3. The maximum Gasteiger partial charge on any atom is 0.0407 e. The van der Waals surface area contributed by atoms with E-state index in [1.54, 1.807) is 0 Å². The van der Waals surface area contributed by atoms with Gasteiger partial charge in [-0.3, -0.25) is 4.90 Å². The molecule has 0 amide bonds. The largest absolute Gasteiger partial charge is 0.369 e. The minimum absolute atomic E-state index is 0.581. The van der Waals surface area contributed by atoms with Crippen LogP contribution in [-0.4, -0.2) is 44.2 Å². The summed E-state index contributed by atoms with van der Waals surface area (Å²) in [6, 6.07) is 8.05. The van der Waals surface area contributed by atoms with Crippen molar-refractivity contribution in [3.63, 3.8) is 0 Å². The van der Waals surface area contributed by atoms with Crippen molar-refractivity contribution in [3.8, 4) is 0 Å². The lowest BCUT2D eigenvalue weighted by atomic mass is 10.2. The molecule has 1 aliphatic heterocycles. The van der Waals surface area contributed by atoms with E-state index in [2.05, 4.69) is 28.5 Å². The summed E-state index contributed by atoms with van der Waals surface area (Å²) in [6.45, 7) is 9.66. The molecule has 0 aliphatic carbocycles. The first-order valence-corrected chi connectivity index (χ1v) is 6.66. The van der Waals surface area contributed by atoms with Gasteiger partial charge in [-0.15, -0.1) is 0 Å². The van der Waals surface area contributed by atoms with Gasteiger partial charge in [0.25, 0.3) is 0 Å². The highest BCUT2D eigenvalue weighted by Gasteiger charge is 2.17. The predicted octanol–water partition coefficient (Wildman–Crippen LogP) is 1.98. The highest BCUT2D eigenvalue weighted by atomic mass is 35.5. The van der Waals surface area contributed by atoms with Gasteiger partial charge in [0.05, 0.1) is 0 Å². The Hall–Kier alpha value is -1.03. The van der Waals surface area contributed by atoms with Crippen LogP contribution in [0.15, 0.2) is 36.4 Å². The number of nitrogens with zero attached hydrogens (tertiary/aromatic N) is 2. The van der Waals surface area contributed by atoms with Crippen LogP contribution in [0.3, 0.4) is 0 Å². The van der Waals surface area contributed by atoms with Crippen LogP contribution in [0.5, 0.6) is 0 Å². The lowest BCUT2D eigenvalue weighted by Crippen LogP contribution is -2.47. The Morgan fingerprint density at radius 2 is 1.78 bits per heavy atom. The van der Waals surface area contributed by atoms with Crippen LogP contribution in [-0.2, 0) is 0 Å². The lowest BCUT2D eigenvalue weighted by Gasteiger charge is -2.36. The molecule has 1 aromatic carbocycles. The van der Waals surface area contributed by atoms with Gasteiger partial charge in [0.15, 0.2) is 0 Å². The fourth-order valence-corrected chi connectivity index (χ4v) is 2.32. The van der Waals surface area contributed by atoms with Gasteiger partial charge in [-0.25, -0.2) is 0 Å². The topological polar surface area (TPSA) is 32.5 Å². The van der Waals surface area contributed by atoms with E-state index >= 15 is 0 Å². The molecule has 0 unspecified atom stereocenters. The Morgan fingerprint density at radius 3 is 2.33 bits per heavy atom. The molecule has 1 aromatic rings. The van der Waals surface area contributed by atoms with Crippen LogP contribution in [0, 0.1) is 0 Å². The van der Waals surface area contributed by atoms with Crippen LogP contribution < -0.4 is 10.6 Å². The molecule has 0 spiro atoms. The molecule has 3 nitrogen and oxygen atoms in total. The molecule has 0 bridgehead atoms. The zero-order chi connectivity index (χ0) is 13.0. The summed E-state index contributed by atoms with van der Waals surface area (Å²) in [6.07, 6.45) is 0. The number of halogens is 1. The third kappa shape index (κ3) is 3.48. The van der Waals surface area contributed by atoms with Crippen molar-refractivity contribution >= 4 is 17.3 Å². The number of piperazine rings is 1. The lowest BCUT2D eigenvalue weighted by molar-refractivity contribution is 0.277. The van der Waals surface area contributed by atoms with Gasteiger partial charge in [0, 0.05) is 50.0 Å². The molecule has 0 saturated carbocycles. The Morgan fingerprint density at radius 1 is 1.17 bits per heavy atom. The average Bonchev–Trinajstić information content (AvgIpc) is 2.40. The summed E-state index contributed by atoms with van der Waals surface area (Å²) >= 11 is 5.90. The van der Waals surface area contributed by atoms with E-state index in [-0.39, 0.29) is 0 Å². The molecule has 0 aromatic heterocycles. The smallest absolute Gasteiger partial charge is 0.0407 e. The number of nitrogens with two attached hydrogens (primary N) is 1. The Kier molecular flexibility index (Phi) is 4.64. The van der Waals surface area contributed by atoms with Gasteiger partial charge in [-0.1, -0.05) is 18.2 Å². The fraction of sp³-hybridized carbons (Fsp3) is 0.429. The summed E-state index contributed by atoms with van der Waals surface area (Å²) in [5.74, 6) is 0.